The maximum Gasteiger partial charge on any atom is 0.145 e. The molecule has 0 aromatic carbocycles. The van der Waals surface area contributed by atoms with Gasteiger partial charge in [-0.15, -0.1) is 0 Å². The molecular weight excluding hydrogens is 238 g/mol. The van der Waals surface area contributed by atoms with Crippen LogP contribution in [0.25, 0.3) is 0 Å². The summed E-state index contributed by atoms with van der Waals surface area (Å²) in [5.41, 5.74) is 2.62. The third-order valence-electron chi connectivity index (χ3n) is 4.21. The standard InChI is InChI=1S/C14H25N5/c1-8(2)14-17-12(7-13(18-14)19-15)16-11-6-5-9(3)10(11)4/h7-11H,5-6,15H2,1-4H3,(H2,16,17,18,19). The van der Waals surface area contributed by atoms with E-state index in [0.29, 0.717) is 17.8 Å². The van der Waals surface area contributed by atoms with Crippen LogP contribution in [0.2, 0.25) is 0 Å². The molecule has 2 rings (SSSR count). The van der Waals surface area contributed by atoms with Crippen molar-refractivity contribution in [2.75, 3.05) is 10.7 Å². The zero-order valence-corrected chi connectivity index (χ0v) is 12.3. The van der Waals surface area contributed by atoms with Crippen LogP contribution in [0.3, 0.4) is 0 Å². The smallest absolute Gasteiger partial charge is 0.145 e. The predicted molar refractivity (Wildman–Crippen MR) is 78.9 cm³/mol. The van der Waals surface area contributed by atoms with Gasteiger partial charge in [-0.2, -0.15) is 0 Å². The molecule has 3 atom stereocenters. The number of nitrogens with one attached hydrogen (secondary N) is 2. The fourth-order valence-corrected chi connectivity index (χ4v) is 2.63. The number of hydrogen-bond acceptors (Lipinski definition) is 5. The number of hydrazine groups is 1. The van der Waals surface area contributed by atoms with Crippen LogP contribution >= 0.6 is 0 Å². The van der Waals surface area contributed by atoms with E-state index in [2.05, 4.69) is 48.4 Å². The highest BCUT2D eigenvalue weighted by Crippen LogP contribution is 2.33. The van der Waals surface area contributed by atoms with E-state index in [4.69, 9.17) is 5.84 Å². The molecule has 106 valence electrons. The fraction of sp³-hybridized carbons (Fsp3) is 0.714. The molecule has 1 saturated carbocycles. The van der Waals surface area contributed by atoms with Crippen molar-refractivity contribution in [2.45, 2.75) is 52.5 Å². The molecule has 1 aromatic rings. The van der Waals surface area contributed by atoms with Crippen LogP contribution in [0.5, 0.6) is 0 Å². The van der Waals surface area contributed by atoms with Crippen molar-refractivity contribution in [3.63, 3.8) is 0 Å². The number of nitrogens with zero attached hydrogens (tertiary/aromatic N) is 2. The highest BCUT2D eigenvalue weighted by molar-refractivity contribution is 5.48. The van der Waals surface area contributed by atoms with Gasteiger partial charge in [-0.1, -0.05) is 27.7 Å². The first-order valence-corrected chi connectivity index (χ1v) is 7.13. The summed E-state index contributed by atoms with van der Waals surface area (Å²) in [6, 6.07) is 2.37. The van der Waals surface area contributed by atoms with Crippen LogP contribution in [-0.4, -0.2) is 16.0 Å². The quantitative estimate of drug-likeness (QED) is 0.575. The lowest BCUT2D eigenvalue weighted by molar-refractivity contribution is 0.435. The van der Waals surface area contributed by atoms with Crippen LogP contribution in [0.15, 0.2) is 6.07 Å². The fourth-order valence-electron chi connectivity index (χ4n) is 2.63. The summed E-state index contributed by atoms with van der Waals surface area (Å²) in [4.78, 5) is 8.96. The van der Waals surface area contributed by atoms with Gasteiger partial charge in [0.1, 0.15) is 17.5 Å². The van der Waals surface area contributed by atoms with Crippen molar-refractivity contribution in [3.8, 4) is 0 Å². The van der Waals surface area contributed by atoms with Crippen LogP contribution in [-0.2, 0) is 0 Å². The van der Waals surface area contributed by atoms with E-state index in [1.165, 1.54) is 12.8 Å². The first-order chi connectivity index (χ1) is 9.01. The number of nitrogens with two attached hydrogens (primary N) is 1. The van der Waals surface area contributed by atoms with E-state index in [-0.39, 0.29) is 5.92 Å². The summed E-state index contributed by atoms with van der Waals surface area (Å²) in [7, 11) is 0. The van der Waals surface area contributed by atoms with Crippen LogP contribution < -0.4 is 16.6 Å². The second-order valence-electron chi connectivity index (χ2n) is 5.96. The first kappa shape index (κ1) is 14.1. The molecule has 4 N–H and O–H groups in total. The Morgan fingerprint density at radius 3 is 2.42 bits per heavy atom. The zero-order chi connectivity index (χ0) is 14.0. The highest BCUT2D eigenvalue weighted by Gasteiger charge is 2.29. The first-order valence-electron chi connectivity index (χ1n) is 7.13. The average molecular weight is 263 g/mol. The van der Waals surface area contributed by atoms with Crippen molar-refractivity contribution in [3.05, 3.63) is 11.9 Å². The monoisotopic (exact) mass is 263 g/mol. The minimum absolute atomic E-state index is 0.286. The summed E-state index contributed by atoms with van der Waals surface area (Å²) in [5, 5.41) is 3.54. The third-order valence-corrected chi connectivity index (χ3v) is 4.21. The van der Waals surface area contributed by atoms with Crippen LogP contribution in [0.4, 0.5) is 11.6 Å². The number of hydrogen-bond donors (Lipinski definition) is 3. The molecule has 5 heteroatoms. The highest BCUT2D eigenvalue weighted by atomic mass is 15.3. The number of rotatable bonds is 4. The molecule has 1 heterocycles. The van der Waals surface area contributed by atoms with Gasteiger partial charge in [0.15, 0.2) is 0 Å². The van der Waals surface area contributed by atoms with Crippen molar-refractivity contribution >= 4 is 11.6 Å². The van der Waals surface area contributed by atoms with Gasteiger partial charge in [0.25, 0.3) is 0 Å². The molecule has 0 aliphatic heterocycles. The van der Waals surface area contributed by atoms with E-state index in [0.717, 1.165) is 17.6 Å². The Kier molecular flexibility index (Phi) is 4.24. The van der Waals surface area contributed by atoms with Gasteiger partial charge < -0.3 is 10.7 Å². The summed E-state index contributed by atoms with van der Waals surface area (Å²) < 4.78 is 0. The second-order valence-corrected chi connectivity index (χ2v) is 5.96. The predicted octanol–water partition coefficient (Wildman–Crippen LogP) is 2.73. The largest absolute Gasteiger partial charge is 0.367 e. The minimum atomic E-state index is 0.286. The Hall–Kier alpha value is -1.36. The van der Waals surface area contributed by atoms with Gasteiger partial charge >= 0.3 is 0 Å². The summed E-state index contributed by atoms with van der Waals surface area (Å²) in [5.74, 6) is 9.57. The topological polar surface area (TPSA) is 75.9 Å². The molecule has 0 bridgehead atoms. The van der Waals surface area contributed by atoms with Gasteiger partial charge in [0, 0.05) is 18.0 Å². The lowest BCUT2D eigenvalue weighted by atomic mass is 9.98. The van der Waals surface area contributed by atoms with Crippen molar-refractivity contribution in [1.29, 1.82) is 0 Å². The van der Waals surface area contributed by atoms with Crippen molar-refractivity contribution < 1.29 is 0 Å². The maximum atomic E-state index is 5.48. The Labute approximate surface area is 115 Å². The van der Waals surface area contributed by atoms with Crippen LogP contribution in [0.1, 0.15) is 52.3 Å². The second kappa shape index (κ2) is 5.74. The molecule has 3 unspecified atom stereocenters. The molecule has 1 aliphatic rings. The molecule has 0 amide bonds. The average Bonchev–Trinajstić information content (AvgIpc) is 2.70. The van der Waals surface area contributed by atoms with E-state index in [1.54, 1.807) is 0 Å². The maximum absolute atomic E-state index is 5.48. The molecule has 0 radical (unpaired) electrons. The Bertz CT molecular complexity index is 432. The zero-order valence-electron chi connectivity index (χ0n) is 12.3. The van der Waals surface area contributed by atoms with E-state index < -0.39 is 0 Å². The summed E-state index contributed by atoms with van der Waals surface area (Å²) >= 11 is 0. The molecule has 0 spiro atoms. The van der Waals surface area contributed by atoms with E-state index >= 15 is 0 Å². The number of nitrogen functional groups attached to an aromatic ring is 1. The van der Waals surface area contributed by atoms with E-state index in [1.807, 2.05) is 6.07 Å². The normalized spacial score (nSPS) is 26.7. The van der Waals surface area contributed by atoms with Crippen LogP contribution in [0, 0.1) is 11.8 Å². The summed E-state index contributed by atoms with van der Waals surface area (Å²) in [6.07, 6.45) is 2.48. The molecule has 19 heavy (non-hydrogen) atoms. The molecular formula is C14H25N5. The van der Waals surface area contributed by atoms with Gasteiger partial charge in [0.05, 0.1) is 0 Å². The van der Waals surface area contributed by atoms with Gasteiger partial charge in [-0.25, -0.2) is 15.8 Å². The molecule has 5 nitrogen and oxygen atoms in total. The number of aromatic nitrogens is 2. The van der Waals surface area contributed by atoms with Gasteiger partial charge in [-0.3, -0.25) is 0 Å². The third kappa shape index (κ3) is 3.15. The van der Waals surface area contributed by atoms with Gasteiger partial charge in [0.2, 0.25) is 0 Å². The Morgan fingerprint density at radius 1 is 1.21 bits per heavy atom. The lowest BCUT2D eigenvalue weighted by Crippen LogP contribution is -2.25. The number of anilines is 2. The molecule has 0 saturated heterocycles. The Balaban J connectivity index is 2.17. The van der Waals surface area contributed by atoms with Gasteiger partial charge in [-0.05, 0) is 24.7 Å². The molecule has 1 fully saturated rings. The SMILES string of the molecule is CC(C)c1nc(NN)cc(NC2CCC(C)C2C)n1. The Morgan fingerprint density at radius 2 is 1.89 bits per heavy atom. The summed E-state index contributed by atoms with van der Waals surface area (Å²) in [6.45, 7) is 8.79. The minimum Gasteiger partial charge on any atom is -0.367 e. The molecule has 1 aromatic heterocycles. The van der Waals surface area contributed by atoms with E-state index in [9.17, 15) is 0 Å². The molecule has 1 aliphatic carbocycles. The lowest BCUT2D eigenvalue weighted by Gasteiger charge is -2.21. The van der Waals surface area contributed by atoms with Crippen molar-refractivity contribution in [2.24, 2.45) is 17.7 Å². The van der Waals surface area contributed by atoms with Crippen molar-refractivity contribution in [1.82, 2.24) is 9.97 Å².